The molecule has 0 aliphatic carbocycles. The predicted octanol–water partition coefficient (Wildman–Crippen LogP) is 3.66. The van der Waals surface area contributed by atoms with Crippen LogP contribution in [-0.4, -0.2) is 16.0 Å². The number of unbranched alkanes of at least 4 members (excludes halogenated alkanes) is 4. The van der Waals surface area contributed by atoms with E-state index in [0.717, 1.165) is 18.4 Å². The Kier molecular flexibility index (Phi) is 9.86. The summed E-state index contributed by atoms with van der Waals surface area (Å²) in [6.45, 7) is 2.84. The number of hydrazine groups is 2. The number of amides is 2. The van der Waals surface area contributed by atoms with Gasteiger partial charge in [0.05, 0.1) is 4.95 Å². The average molecular weight is 371 g/mol. The van der Waals surface area contributed by atoms with Crippen LogP contribution in [0.25, 0.3) is 0 Å². The minimum absolute atomic E-state index is 0.0756. The highest BCUT2D eigenvalue weighted by molar-refractivity contribution is 9.09. The van der Waals surface area contributed by atoms with Crippen LogP contribution >= 0.6 is 15.9 Å². The topological polar surface area (TPSA) is 70.4 Å². The Morgan fingerprint density at radius 3 is 2.55 bits per heavy atom. The van der Waals surface area contributed by atoms with Crippen molar-refractivity contribution < 1.29 is 4.79 Å². The van der Waals surface area contributed by atoms with Gasteiger partial charge < -0.3 is 0 Å². The van der Waals surface area contributed by atoms with Crippen LogP contribution in [-0.2, 0) is 6.54 Å². The van der Waals surface area contributed by atoms with Crippen LogP contribution in [0.4, 0.5) is 4.79 Å². The standard InChI is InChI=1S/C16H27BrN4O/c1-2-3-4-5-9-12-15(17)21(20-16(22)19-18)13-14-10-7-6-8-11-14/h6-8,10-11,15H,2-5,9,12-13,18H2,1H3,(H2,19,20,22). The number of nitrogens with one attached hydrogen (secondary N) is 2. The lowest BCUT2D eigenvalue weighted by Crippen LogP contribution is -2.51. The van der Waals surface area contributed by atoms with Gasteiger partial charge in [0.15, 0.2) is 0 Å². The molecule has 0 aliphatic rings. The second kappa shape index (κ2) is 11.5. The number of urea groups is 1. The highest BCUT2D eigenvalue weighted by Gasteiger charge is 2.17. The van der Waals surface area contributed by atoms with Crippen molar-refractivity contribution in [3.8, 4) is 0 Å². The Bertz CT molecular complexity index is 416. The maximum atomic E-state index is 11.5. The van der Waals surface area contributed by atoms with Gasteiger partial charge in [0, 0.05) is 6.54 Å². The van der Waals surface area contributed by atoms with Crippen LogP contribution in [0.15, 0.2) is 30.3 Å². The zero-order valence-corrected chi connectivity index (χ0v) is 14.8. The molecule has 0 heterocycles. The number of nitrogens with zero attached hydrogens (tertiary/aromatic N) is 1. The molecule has 0 spiro atoms. The molecule has 0 fully saturated rings. The molecule has 1 aromatic rings. The number of carbonyl (C=O) groups excluding carboxylic acids is 1. The number of benzene rings is 1. The van der Waals surface area contributed by atoms with E-state index in [1.54, 1.807) is 0 Å². The van der Waals surface area contributed by atoms with E-state index in [4.69, 9.17) is 5.84 Å². The van der Waals surface area contributed by atoms with Crippen molar-refractivity contribution >= 4 is 22.0 Å². The largest absolute Gasteiger partial charge is 0.343 e. The van der Waals surface area contributed by atoms with Crippen molar-refractivity contribution in [3.63, 3.8) is 0 Å². The van der Waals surface area contributed by atoms with E-state index in [2.05, 4.69) is 33.7 Å². The maximum absolute atomic E-state index is 11.5. The highest BCUT2D eigenvalue weighted by atomic mass is 79.9. The fourth-order valence-electron chi connectivity index (χ4n) is 2.22. The summed E-state index contributed by atoms with van der Waals surface area (Å²) in [7, 11) is 0. The van der Waals surface area contributed by atoms with Crippen molar-refractivity contribution in [1.29, 1.82) is 0 Å². The van der Waals surface area contributed by atoms with Gasteiger partial charge >= 0.3 is 6.03 Å². The summed E-state index contributed by atoms with van der Waals surface area (Å²) in [5.41, 5.74) is 6.02. The van der Waals surface area contributed by atoms with Crippen molar-refractivity contribution in [3.05, 3.63) is 35.9 Å². The zero-order chi connectivity index (χ0) is 16.2. The smallest absolute Gasteiger partial charge is 0.275 e. The fraction of sp³-hybridized carbons (Fsp3) is 0.562. The summed E-state index contributed by atoms with van der Waals surface area (Å²) < 4.78 is 0. The quantitative estimate of drug-likeness (QED) is 0.147. The lowest BCUT2D eigenvalue weighted by atomic mass is 10.1. The lowest BCUT2D eigenvalue weighted by molar-refractivity contribution is 0.157. The molecule has 6 heteroatoms. The molecule has 0 saturated heterocycles. The predicted molar refractivity (Wildman–Crippen MR) is 93.9 cm³/mol. The normalized spacial score (nSPS) is 12.2. The first-order valence-electron chi connectivity index (χ1n) is 7.89. The van der Waals surface area contributed by atoms with Crippen molar-refractivity contribution in [1.82, 2.24) is 15.9 Å². The summed E-state index contributed by atoms with van der Waals surface area (Å²) in [6, 6.07) is 9.63. The minimum Gasteiger partial charge on any atom is -0.275 e. The Hall–Kier alpha value is -1.11. The van der Waals surface area contributed by atoms with Crippen LogP contribution in [0.3, 0.4) is 0 Å². The molecule has 0 saturated carbocycles. The Morgan fingerprint density at radius 1 is 1.23 bits per heavy atom. The van der Waals surface area contributed by atoms with Gasteiger partial charge in [-0.25, -0.2) is 15.6 Å². The molecule has 0 radical (unpaired) electrons. The van der Waals surface area contributed by atoms with E-state index in [1.165, 1.54) is 25.7 Å². The van der Waals surface area contributed by atoms with Crippen LogP contribution in [0.2, 0.25) is 0 Å². The van der Waals surface area contributed by atoms with Gasteiger partial charge in [-0.2, -0.15) is 0 Å². The lowest BCUT2D eigenvalue weighted by Gasteiger charge is -2.28. The maximum Gasteiger partial charge on any atom is 0.343 e. The Balaban J connectivity index is 2.50. The molecule has 5 nitrogen and oxygen atoms in total. The number of hydrogen-bond acceptors (Lipinski definition) is 3. The molecule has 0 aromatic heterocycles. The average Bonchev–Trinajstić information content (AvgIpc) is 2.54. The van der Waals surface area contributed by atoms with Gasteiger partial charge in [0.2, 0.25) is 0 Å². The van der Waals surface area contributed by atoms with E-state index in [9.17, 15) is 4.79 Å². The second-order valence-corrected chi connectivity index (χ2v) is 6.39. The highest BCUT2D eigenvalue weighted by Crippen LogP contribution is 2.17. The summed E-state index contributed by atoms with van der Waals surface area (Å²) >= 11 is 3.67. The van der Waals surface area contributed by atoms with Gasteiger partial charge in [-0.15, -0.1) is 0 Å². The summed E-state index contributed by atoms with van der Waals surface area (Å²) in [5.74, 6) is 5.16. The fourth-order valence-corrected chi connectivity index (χ4v) is 2.79. The zero-order valence-electron chi connectivity index (χ0n) is 13.2. The third-order valence-corrected chi connectivity index (χ3v) is 4.41. The second-order valence-electron chi connectivity index (χ2n) is 5.34. The van der Waals surface area contributed by atoms with Crippen LogP contribution < -0.4 is 16.7 Å². The number of rotatable bonds is 10. The van der Waals surface area contributed by atoms with Crippen LogP contribution in [0, 0.1) is 0 Å². The van der Waals surface area contributed by atoms with E-state index in [0.29, 0.717) is 6.54 Å². The molecule has 22 heavy (non-hydrogen) atoms. The Labute approximate surface area is 141 Å². The minimum atomic E-state index is -0.411. The van der Waals surface area contributed by atoms with Crippen molar-refractivity contribution in [2.24, 2.45) is 5.84 Å². The number of carbonyl (C=O) groups is 1. The molecule has 0 bridgehead atoms. The van der Waals surface area contributed by atoms with E-state index >= 15 is 0 Å². The monoisotopic (exact) mass is 370 g/mol. The summed E-state index contributed by atoms with van der Waals surface area (Å²) in [6.07, 6.45) is 7.13. The summed E-state index contributed by atoms with van der Waals surface area (Å²) in [5, 5.41) is 1.87. The van der Waals surface area contributed by atoms with Gasteiger partial charge in [0.25, 0.3) is 0 Å². The van der Waals surface area contributed by atoms with E-state index in [1.807, 2.05) is 35.3 Å². The number of hydrogen-bond donors (Lipinski definition) is 3. The third-order valence-electron chi connectivity index (χ3n) is 3.46. The van der Waals surface area contributed by atoms with E-state index in [-0.39, 0.29) is 4.95 Å². The van der Waals surface area contributed by atoms with Crippen LogP contribution in [0.1, 0.15) is 51.0 Å². The molecule has 0 aliphatic heterocycles. The molecular formula is C16H27BrN4O. The number of nitrogens with two attached hydrogens (primary N) is 1. The van der Waals surface area contributed by atoms with E-state index < -0.39 is 6.03 Å². The van der Waals surface area contributed by atoms with Crippen molar-refractivity contribution in [2.75, 3.05) is 0 Å². The molecule has 1 aromatic carbocycles. The Morgan fingerprint density at radius 2 is 1.91 bits per heavy atom. The molecule has 4 N–H and O–H groups in total. The van der Waals surface area contributed by atoms with Gasteiger partial charge in [-0.1, -0.05) is 85.3 Å². The molecular weight excluding hydrogens is 344 g/mol. The van der Waals surface area contributed by atoms with Crippen LogP contribution in [0.5, 0.6) is 0 Å². The molecule has 124 valence electrons. The molecule has 1 rings (SSSR count). The molecule has 2 amide bonds. The SMILES string of the molecule is CCCCCCCC(Br)N(Cc1ccccc1)NC(=O)NN. The number of halogens is 1. The van der Waals surface area contributed by atoms with Gasteiger partial charge in [0.1, 0.15) is 0 Å². The third kappa shape index (κ3) is 7.77. The number of alkyl halides is 1. The first-order chi connectivity index (χ1) is 10.7. The van der Waals surface area contributed by atoms with Gasteiger partial charge in [-0.3, -0.25) is 10.9 Å². The molecule has 1 atom stereocenters. The van der Waals surface area contributed by atoms with Gasteiger partial charge in [-0.05, 0) is 12.0 Å². The van der Waals surface area contributed by atoms with Crippen molar-refractivity contribution in [2.45, 2.75) is 56.9 Å². The first kappa shape index (κ1) is 18.9. The molecule has 1 unspecified atom stereocenters. The summed E-state index contributed by atoms with van der Waals surface area (Å²) in [4.78, 5) is 11.6. The first-order valence-corrected chi connectivity index (χ1v) is 8.80.